The number of aromatic nitrogens is 2. The predicted octanol–water partition coefficient (Wildman–Crippen LogP) is 3.16. The topological polar surface area (TPSA) is 40.7 Å². The van der Waals surface area contributed by atoms with Crippen molar-refractivity contribution in [3.63, 3.8) is 0 Å². The van der Waals surface area contributed by atoms with Gasteiger partial charge in [0.25, 0.3) is 0 Å². The third-order valence-corrected chi connectivity index (χ3v) is 2.58. The Morgan fingerprint density at radius 2 is 2.33 bits per heavy atom. The molecule has 0 amide bonds. The second-order valence-electron chi connectivity index (χ2n) is 4.01. The molecule has 80 valence electrons. The molecule has 2 rings (SSSR count). The Labute approximate surface area is 89.9 Å². The minimum absolute atomic E-state index is 0.523. The van der Waals surface area contributed by atoms with Crippen molar-refractivity contribution in [3.05, 3.63) is 24.4 Å². The summed E-state index contributed by atoms with van der Waals surface area (Å²) >= 11 is 0. The van der Waals surface area contributed by atoms with Gasteiger partial charge in [0.15, 0.2) is 0 Å². The molecule has 0 aliphatic carbocycles. The normalized spacial score (nSPS) is 12.9. The lowest BCUT2D eigenvalue weighted by Gasteiger charge is -2.13. The first-order valence-corrected chi connectivity index (χ1v) is 5.49. The fraction of sp³-hybridized carbons (Fsp3) is 0.417. The Balaban J connectivity index is 2.14. The van der Waals surface area contributed by atoms with E-state index < -0.39 is 0 Å². The van der Waals surface area contributed by atoms with E-state index in [1.165, 1.54) is 12.8 Å². The van der Waals surface area contributed by atoms with Crippen LogP contribution in [-0.2, 0) is 0 Å². The third-order valence-electron chi connectivity index (χ3n) is 2.58. The van der Waals surface area contributed by atoms with Gasteiger partial charge in [-0.1, -0.05) is 13.3 Å². The number of hydrogen-bond donors (Lipinski definition) is 2. The lowest BCUT2D eigenvalue weighted by molar-refractivity contribution is 0.690. The number of rotatable bonds is 4. The number of aromatic amines is 1. The zero-order valence-electron chi connectivity index (χ0n) is 9.25. The first-order valence-electron chi connectivity index (χ1n) is 5.49. The molecule has 3 nitrogen and oxygen atoms in total. The summed E-state index contributed by atoms with van der Waals surface area (Å²) in [4.78, 5) is 0. The third kappa shape index (κ3) is 2.29. The van der Waals surface area contributed by atoms with E-state index in [0.717, 1.165) is 16.6 Å². The van der Waals surface area contributed by atoms with Crippen molar-refractivity contribution in [2.45, 2.75) is 32.7 Å². The number of H-pyrrole nitrogens is 1. The van der Waals surface area contributed by atoms with Crippen LogP contribution in [0.3, 0.4) is 0 Å². The van der Waals surface area contributed by atoms with Crippen LogP contribution < -0.4 is 5.32 Å². The highest BCUT2D eigenvalue weighted by molar-refractivity contribution is 5.81. The average Bonchev–Trinajstić information content (AvgIpc) is 2.65. The van der Waals surface area contributed by atoms with Gasteiger partial charge < -0.3 is 5.32 Å². The largest absolute Gasteiger partial charge is 0.383 e. The minimum atomic E-state index is 0.523. The number of nitrogens with zero attached hydrogens (tertiary/aromatic N) is 1. The summed E-state index contributed by atoms with van der Waals surface area (Å²) in [7, 11) is 0. The molecule has 2 N–H and O–H groups in total. The lowest BCUT2D eigenvalue weighted by Crippen LogP contribution is -2.14. The van der Waals surface area contributed by atoms with Gasteiger partial charge >= 0.3 is 0 Å². The van der Waals surface area contributed by atoms with Gasteiger partial charge in [0, 0.05) is 17.1 Å². The highest BCUT2D eigenvalue weighted by Gasteiger charge is 2.01. The Kier molecular flexibility index (Phi) is 2.90. The number of nitrogens with one attached hydrogen (secondary N) is 2. The maximum absolute atomic E-state index is 4.01. The lowest BCUT2D eigenvalue weighted by atomic mass is 10.1. The highest BCUT2D eigenvalue weighted by Crippen LogP contribution is 2.17. The van der Waals surface area contributed by atoms with Crippen LogP contribution in [0.4, 0.5) is 5.69 Å². The molecule has 0 radical (unpaired) electrons. The van der Waals surface area contributed by atoms with Gasteiger partial charge in [-0.2, -0.15) is 5.10 Å². The van der Waals surface area contributed by atoms with Crippen molar-refractivity contribution in [1.29, 1.82) is 0 Å². The molecule has 0 aliphatic rings. The number of hydrogen-bond acceptors (Lipinski definition) is 2. The summed E-state index contributed by atoms with van der Waals surface area (Å²) in [5.74, 6) is 0. The van der Waals surface area contributed by atoms with E-state index >= 15 is 0 Å². The first kappa shape index (κ1) is 10.0. The average molecular weight is 203 g/mol. The highest BCUT2D eigenvalue weighted by atomic mass is 15.1. The van der Waals surface area contributed by atoms with Gasteiger partial charge in [-0.3, -0.25) is 5.10 Å². The van der Waals surface area contributed by atoms with Gasteiger partial charge in [0.05, 0.1) is 11.7 Å². The predicted molar refractivity (Wildman–Crippen MR) is 64.1 cm³/mol. The van der Waals surface area contributed by atoms with Crippen molar-refractivity contribution in [1.82, 2.24) is 10.2 Å². The summed E-state index contributed by atoms with van der Waals surface area (Å²) in [5, 5.41) is 11.6. The number of fused-ring (bicyclic) bond motifs is 1. The smallest absolute Gasteiger partial charge is 0.0670 e. The number of benzene rings is 1. The molecule has 15 heavy (non-hydrogen) atoms. The molecule has 1 atom stereocenters. The molecule has 1 aromatic heterocycles. The van der Waals surface area contributed by atoms with E-state index in [4.69, 9.17) is 0 Å². The molecule has 0 fully saturated rings. The van der Waals surface area contributed by atoms with Crippen LogP contribution >= 0.6 is 0 Å². The van der Waals surface area contributed by atoms with E-state index in [2.05, 4.69) is 47.6 Å². The molecule has 0 saturated carbocycles. The van der Waals surface area contributed by atoms with Crippen LogP contribution in [0, 0.1) is 0 Å². The fourth-order valence-electron chi connectivity index (χ4n) is 1.82. The Morgan fingerprint density at radius 3 is 3.13 bits per heavy atom. The van der Waals surface area contributed by atoms with Crippen LogP contribution in [0.25, 0.3) is 10.9 Å². The summed E-state index contributed by atoms with van der Waals surface area (Å²) in [5.41, 5.74) is 2.25. The SMILES string of the molecule is CCCC(C)Nc1ccc2cn[nH]c2c1. The standard InChI is InChI=1S/C12H17N3/c1-3-4-9(2)14-11-6-5-10-8-13-15-12(10)7-11/h5-9,14H,3-4H2,1-2H3,(H,13,15). The molecule has 1 unspecified atom stereocenters. The molecule has 0 aliphatic heterocycles. The molecule has 1 heterocycles. The minimum Gasteiger partial charge on any atom is -0.383 e. The van der Waals surface area contributed by atoms with E-state index in [1.54, 1.807) is 0 Å². The van der Waals surface area contributed by atoms with Crippen molar-refractivity contribution in [2.75, 3.05) is 5.32 Å². The zero-order valence-corrected chi connectivity index (χ0v) is 9.25. The molecule has 0 saturated heterocycles. The van der Waals surface area contributed by atoms with Crippen LogP contribution in [0.5, 0.6) is 0 Å². The van der Waals surface area contributed by atoms with Crippen LogP contribution in [0.2, 0.25) is 0 Å². The van der Waals surface area contributed by atoms with Crippen LogP contribution in [-0.4, -0.2) is 16.2 Å². The summed E-state index contributed by atoms with van der Waals surface area (Å²) in [6.45, 7) is 4.41. The van der Waals surface area contributed by atoms with E-state index in [1.807, 2.05) is 6.20 Å². The molecule has 1 aromatic carbocycles. The van der Waals surface area contributed by atoms with Gasteiger partial charge in [0.1, 0.15) is 0 Å². The first-order chi connectivity index (χ1) is 7.29. The van der Waals surface area contributed by atoms with Crippen molar-refractivity contribution in [3.8, 4) is 0 Å². The van der Waals surface area contributed by atoms with E-state index in [-0.39, 0.29) is 0 Å². The van der Waals surface area contributed by atoms with Crippen LogP contribution in [0.1, 0.15) is 26.7 Å². The molecular weight excluding hydrogens is 186 g/mol. The molecular formula is C12H17N3. The van der Waals surface area contributed by atoms with Crippen molar-refractivity contribution in [2.24, 2.45) is 0 Å². The summed E-state index contributed by atoms with van der Waals surface area (Å²) < 4.78 is 0. The van der Waals surface area contributed by atoms with Crippen LogP contribution in [0.15, 0.2) is 24.4 Å². The molecule has 0 bridgehead atoms. The molecule has 2 aromatic rings. The van der Waals surface area contributed by atoms with E-state index in [0.29, 0.717) is 6.04 Å². The summed E-state index contributed by atoms with van der Waals surface area (Å²) in [6.07, 6.45) is 4.25. The van der Waals surface area contributed by atoms with Crippen molar-refractivity contribution >= 4 is 16.6 Å². The maximum Gasteiger partial charge on any atom is 0.0670 e. The Morgan fingerprint density at radius 1 is 1.47 bits per heavy atom. The quantitative estimate of drug-likeness (QED) is 0.801. The molecule has 0 spiro atoms. The van der Waals surface area contributed by atoms with Gasteiger partial charge in [0.2, 0.25) is 0 Å². The summed E-state index contributed by atoms with van der Waals surface area (Å²) in [6, 6.07) is 6.81. The van der Waals surface area contributed by atoms with Crippen molar-refractivity contribution < 1.29 is 0 Å². The fourth-order valence-corrected chi connectivity index (χ4v) is 1.82. The zero-order chi connectivity index (χ0) is 10.7. The second-order valence-corrected chi connectivity index (χ2v) is 4.01. The maximum atomic E-state index is 4.01. The molecule has 3 heteroatoms. The monoisotopic (exact) mass is 203 g/mol. The van der Waals surface area contributed by atoms with E-state index in [9.17, 15) is 0 Å². The number of anilines is 1. The Hall–Kier alpha value is -1.51. The van der Waals surface area contributed by atoms with Gasteiger partial charge in [-0.15, -0.1) is 0 Å². The van der Waals surface area contributed by atoms with Gasteiger partial charge in [-0.25, -0.2) is 0 Å². The van der Waals surface area contributed by atoms with Gasteiger partial charge in [-0.05, 0) is 31.5 Å². The second kappa shape index (κ2) is 4.34. The Bertz CT molecular complexity index is 433.